The molecule has 1 aliphatic rings. The Hall–Kier alpha value is -0.680. The van der Waals surface area contributed by atoms with Crippen LogP contribution in [0, 0.1) is 5.92 Å². The first-order valence-electron chi connectivity index (χ1n) is 6.07. The molecule has 0 radical (unpaired) electrons. The topological polar surface area (TPSA) is 26.0 Å². The van der Waals surface area contributed by atoms with E-state index < -0.39 is 5.51 Å². The summed E-state index contributed by atoms with van der Waals surface area (Å²) in [5, 5.41) is 0. The van der Waals surface area contributed by atoms with Gasteiger partial charge in [-0.15, -0.1) is 0 Å². The monoisotopic (exact) mass is 275 g/mol. The van der Waals surface area contributed by atoms with Crippen molar-refractivity contribution in [3.8, 4) is 0 Å². The van der Waals surface area contributed by atoms with Gasteiger partial charge in [-0.05, 0) is 42.2 Å². The molecule has 1 aromatic rings. The normalized spacial score (nSPS) is 19.1. The molecule has 0 amide bonds. The van der Waals surface area contributed by atoms with Crippen molar-refractivity contribution < 1.29 is 13.2 Å². The summed E-state index contributed by atoms with van der Waals surface area (Å²) in [6.45, 7) is 0. The van der Waals surface area contributed by atoms with Crippen LogP contribution in [0.1, 0.15) is 37.3 Å². The second-order valence-electron chi connectivity index (χ2n) is 4.66. The summed E-state index contributed by atoms with van der Waals surface area (Å²) in [6, 6.07) is 6.32. The lowest BCUT2D eigenvalue weighted by atomic mass is 9.92. The largest absolute Gasteiger partial charge is 0.446 e. The van der Waals surface area contributed by atoms with Crippen LogP contribution in [0.25, 0.3) is 0 Å². The van der Waals surface area contributed by atoms with E-state index >= 15 is 0 Å². The van der Waals surface area contributed by atoms with E-state index in [2.05, 4.69) is 0 Å². The van der Waals surface area contributed by atoms with Crippen molar-refractivity contribution in [1.82, 2.24) is 0 Å². The summed E-state index contributed by atoms with van der Waals surface area (Å²) in [5.41, 5.74) is 2.51. The van der Waals surface area contributed by atoms with Crippen LogP contribution in [0.5, 0.6) is 0 Å². The van der Waals surface area contributed by atoms with Gasteiger partial charge in [0, 0.05) is 10.9 Å². The Kier molecular flexibility index (Phi) is 4.22. The number of alkyl halides is 3. The molecule has 1 fully saturated rings. The van der Waals surface area contributed by atoms with Gasteiger partial charge in [-0.2, -0.15) is 13.2 Å². The Bertz CT molecular complexity index is 399. The fourth-order valence-electron chi connectivity index (χ4n) is 2.54. The standard InChI is InChI=1S/C13H16F3NS/c14-13(15,16)18-11-8-4-3-7-10(11)12(17)9-5-1-2-6-9/h3-4,7-9,12H,1-2,5-6,17H2/t12-/m0/s1. The molecule has 1 saturated carbocycles. The van der Waals surface area contributed by atoms with Gasteiger partial charge >= 0.3 is 5.51 Å². The van der Waals surface area contributed by atoms with E-state index in [1.807, 2.05) is 0 Å². The summed E-state index contributed by atoms with van der Waals surface area (Å²) >= 11 is -0.0655. The average Bonchev–Trinajstić information content (AvgIpc) is 2.80. The third kappa shape index (κ3) is 3.42. The average molecular weight is 275 g/mol. The highest BCUT2D eigenvalue weighted by Gasteiger charge is 2.32. The van der Waals surface area contributed by atoms with E-state index in [-0.39, 0.29) is 22.7 Å². The van der Waals surface area contributed by atoms with Gasteiger partial charge in [0.15, 0.2) is 0 Å². The summed E-state index contributed by atoms with van der Waals surface area (Å²) in [4.78, 5) is 0.240. The Morgan fingerprint density at radius 2 is 1.78 bits per heavy atom. The zero-order valence-corrected chi connectivity index (χ0v) is 10.7. The number of rotatable bonds is 3. The maximum atomic E-state index is 12.5. The van der Waals surface area contributed by atoms with Gasteiger partial charge in [-0.25, -0.2) is 0 Å². The van der Waals surface area contributed by atoms with E-state index in [0.29, 0.717) is 11.5 Å². The van der Waals surface area contributed by atoms with Crippen LogP contribution < -0.4 is 5.73 Å². The van der Waals surface area contributed by atoms with Crippen molar-refractivity contribution in [2.45, 2.75) is 42.1 Å². The number of hydrogen-bond donors (Lipinski definition) is 1. The highest BCUT2D eigenvalue weighted by Crippen LogP contribution is 2.42. The molecule has 0 aromatic heterocycles. The van der Waals surface area contributed by atoms with Crippen molar-refractivity contribution in [1.29, 1.82) is 0 Å². The quantitative estimate of drug-likeness (QED) is 0.823. The van der Waals surface area contributed by atoms with Gasteiger partial charge in [-0.3, -0.25) is 0 Å². The Morgan fingerprint density at radius 1 is 1.17 bits per heavy atom. The molecular formula is C13H16F3NS. The van der Waals surface area contributed by atoms with E-state index in [4.69, 9.17) is 5.73 Å². The minimum absolute atomic E-state index is 0.0655. The molecular weight excluding hydrogens is 259 g/mol. The van der Waals surface area contributed by atoms with Gasteiger partial charge in [0.25, 0.3) is 0 Å². The summed E-state index contributed by atoms with van der Waals surface area (Å²) in [6.07, 6.45) is 4.30. The van der Waals surface area contributed by atoms with E-state index in [1.165, 1.54) is 6.07 Å². The SMILES string of the molecule is N[C@H](c1ccccc1SC(F)(F)F)C1CCCC1. The third-order valence-corrected chi connectivity index (χ3v) is 4.23. The molecule has 0 spiro atoms. The molecule has 5 heteroatoms. The van der Waals surface area contributed by atoms with Crippen LogP contribution in [0.15, 0.2) is 29.2 Å². The molecule has 18 heavy (non-hydrogen) atoms. The molecule has 1 nitrogen and oxygen atoms in total. The molecule has 2 N–H and O–H groups in total. The van der Waals surface area contributed by atoms with Crippen molar-refractivity contribution in [2.75, 3.05) is 0 Å². The molecule has 0 aliphatic heterocycles. The van der Waals surface area contributed by atoms with E-state index in [1.54, 1.807) is 18.2 Å². The maximum Gasteiger partial charge on any atom is 0.446 e. The van der Waals surface area contributed by atoms with Gasteiger partial charge in [0.1, 0.15) is 0 Å². The Morgan fingerprint density at radius 3 is 2.39 bits per heavy atom. The lowest BCUT2D eigenvalue weighted by molar-refractivity contribution is -0.0328. The maximum absolute atomic E-state index is 12.5. The fraction of sp³-hybridized carbons (Fsp3) is 0.538. The summed E-state index contributed by atoms with van der Waals surface area (Å²) in [7, 11) is 0. The van der Waals surface area contributed by atoms with Gasteiger partial charge < -0.3 is 5.73 Å². The number of hydrogen-bond acceptors (Lipinski definition) is 2. The predicted octanol–water partition coefficient (Wildman–Crippen LogP) is 4.49. The minimum Gasteiger partial charge on any atom is -0.324 e. The van der Waals surface area contributed by atoms with Crippen LogP contribution in [0.3, 0.4) is 0 Å². The number of halogens is 3. The zero-order chi connectivity index (χ0) is 13.2. The van der Waals surface area contributed by atoms with E-state index in [9.17, 15) is 13.2 Å². The number of nitrogens with two attached hydrogens (primary N) is 1. The lowest BCUT2D eigenvalue weighted by Gasteiger charge is -2.22. The molecule has 0 heterocycles. The Labute approximate surface area is 109 Å². The predicted molar refractivity (Wildman–Crippen MR) is 67.2 cm³/mol. The first kappa shape index (κ1) is 13.7. The van der Waals surface area contributed by atoms with Crippen molar-refractivity contribution in [3.05, 3.63) is 29.8 Å². The lowest BCUT2D eigenvalue weighted by Crippen LogP contribution is -2.20. The van der Waals surface area contributed by atoms with Crippen LogP contribution in [-0.2, 0) is 0 Å². The molecule has 0 unspecified atom stereocenters. The van der Waals surface area contributed by atoms with Crippen molar-refractivity contribution >= 4 is 11.8 Å². The van der Waals surface area contributed by atoms with Crippen molar-refractivity contribution in [3.63, 3.8) is 0 Å². The van der Waals surface area contributed by atoms with E-state index in [0.717, 1.165) is 25.7 Å². The van der Waals surface area contributed by atoms with Crippen LogP contribution in [0.4, 0.5) is 13.2 Å². The molecule has 1 atom stereocenters. The van der Waals surface area contributed by atoms with Crippen LogP contribution >= 0.6 is 11.8 Å². The van der Waals surface area contributed by atoms with Gasteiger partial charge in [0.2, 0.25) is 0 Å². The molecule has 1 aliphatic carbocycles. The smallest absolute Gasteiger partial charge is 0.324 e. The second kappa shape index (κ2) is 5.53. The summed E-state index contributed by atoms with van der Waals surface area (Å²) in [5.74, 6) is 0.319. The molecule has 1 aromatic carbocycles. The zero-order valence-electron chi connectivity index (χ0n) is 9.91. The minimum atomic E-state index is -4.26. The highest BCUT2D eigenvalue weighted by molar-refractivity contribution is 8.00. The van der Waals surface area contributed by atoms with Gasteiger partial charge in [0.05, 0.1) is 0 Å². The molecule has 0 saturated heterocycles. The molecule has 2 rings (SSSR count). The third-order valence-electron chi connectivity index (χ3n) is 3.41. The number of benzene rings is 1. The Balaban J connectivity index is 2.20. The molecule has 100 valence electrons. The first-order chi connectivity index (χ1) is 8.47. The highest BCUT2D eigenvalue weighted by atomic mass is 32.2. The first-order valence-corrected chi connectivity index (χ1v) is 6.89. The van der Waals surface area contributed by atoms with Gasteiger partial charge in [-0.1, -0.05) is 31.0 Å². The number of thioether (sulfide) groups is 1. The van der Waals surface area contributed by atoms with Crippen LogP contribution in [0.2, 0.25) is 0 Å². The summed E-state index contributed by atoms with van der Waals surface area (Å²) < 4.78 is 37.5. The molecule has 0 bridgehead atoms. The second-order valence-corrected chi connectivity index (χ2v) is 5.76. The van der Waals surface area contributed by atoms with Crippen molar-refractivity contribution in [2.24, 2.45) is 11.7 Å². The fourth-order valence-corrected chi connectivity index (χ4v) is 3.26. The van der Waals surface area contributed by atoms with Crippen LogP contribution in [-0.4, -0.2) is 5.51 Å².